The third-order valence-corrected chi connectivity index (χ3v) is 1.36. The molecular formula is C8H17NO2. The highest BCUT2D eigenvalue weighted by molar-refractivity contribution is 5.81. The van der Waals surface area contributed by atoms with E-state index in [1.807, 2.05) is 11.9 Å². The van der Waals surface area contributed by atoms with Crippen LogP contribution in [0.4, 0.5) is 0 Å². The lowest BCUT2D eigenvalue weighted by molar-refractivity contribution is -0.123. The molecule has 3 heteroatoms. The molecule has 0 aliphatic carbocycles. The van der Waals surface area contributed by atoms with Crippen LogP contribution in [0.5, 0.6) is 0 Å². The molecule has 0 rings (SSSR count). The van der Waals surface area contributed by atoms with E-state index in [0.29, 0.717) is 6.54 Å². The van der Waals surface area contributed by atoms with E-state index in [1.165, 1.54) is 7.11 Å². The zero-order chi connectivity index (χ0) is 8.69. The molecule has 0 aromatic heterocycles. The second-order valence-electron chi connectivity index (χ2n) is 2.71. The Morgan fingerprint density at radius 1 is 1.55 bits per heavy atom. The van der Waals surface area contributed by atoms with Crippen LogP contribution >= 0.6 is 0 Å². The summed E-state index contributed by atoms with van der Waals surface area (Å²) in [5, 5.41) is 0. The number of carbonyl (C=O) groups is 1. The largest absolute Gasteiger partial charge is 0.377 e. The van der Waals surface area contributed by atoms with Gasteiger partial charge in [-0.15, -0.1) is 0 Å². The zero-order valence-electron chi connectivity index (χ0n) is 7.59. The summed E-state index contributed by atoms with van der Waals surface area (Å²) in [5.41, 5.74) is 0. The molecule has 0 saturated carbocycles. The molecule has 0 N–H and O–H groups in total. The molecule has 0 bridgehead atoms. The monoisotopic (exact) mass is 159 g/mol. The van der Waals surface area contributed by atoms with Crippen molar-refractivity contribution in [1.82, 2.24) is 4.90 Å². The number of likely N-dealkylation sites (N-methyl/N-ethyl adjacent to an activating group) is 1. The quantitative estimate of drug-likeness (QED) is 0.566. The minimum absolute atomic E-state index is 0.142. The van der Waals surface area contributed by atoms with E-state index in [9.17, 15) is 4.79 Å². The second-order valence-corrected chi connectivity index (χ2v) is 2.71. The van der Waals surface area contributed by atoms with E-state index >= 15 is 0 Å². The predicted molar refractivity (Wildman–Crippen MR) is 44.7 cm³/mol. The Hall–Kier alpha value is -0.410. The first-order valence-corrected chi connectivity index (χ1v) is 3.89. The van der Waals surface area contributed by atoms with Crippen molar-refractivity contribution in [3.05, 3.63) is 0 Å². The highest BCUT2D eigenvalue weighted by atomic mass is 16.5. The van der Waals surface area contributed by atoms with Crippen molar-refractivity contribution in [3.63, 3.8) is 0 Å². The Morgan fingerprint density at radius 2 is 2.18 bits per heavy atom. The maximum absolute atomic E-state index is 11.0. The Kier molecular flexibility index (Phi) is 6.07. The van der Waals surface area contributed by atoms with Crippen LogP contribution in [-0.2, 0) is 9.53 Å². The molecule has 66 valence electrons. The summed E-state index contributed by atoms with van der Waals surface area (Å²) in [4.78, 5) is 13.0. The van der Waals surface area contributed by atoms with E-state index < -0.39 is 0 Å². The number of carbonyl (C=O) groups excluding carboxylic acids is 1. The Morgan fingerprint density at radius 3 is 2.64 bits per heavy atom. The second kappa shape index (κ2) is 6.31. The highest BCUT2D eigenvalue weighted by Gasteiger charge is 2.03. The predicted octanol–water partition coefficient (Wildman–Crippen LogP) is 0.544. The third-order valence-electron chi connectivity index (χ3n) is 1.36. The minimum atomic E-state index is 0.142. The molecule has 0 heterocycles. The minimum Gasteiger partial charge on any atom is -0.377 e. The maximum Gasteiger partial charge on any atom is 0.172 e. The van der Waals surface area contributed by atoms with Gasteiger partial charge >= 0.3 is 0 Å². The van der Waals surface area contributed by atoms with Crippen molar-refractivity contribution < 1.29 is 9.53 Å². The van der Waals surface area contributed by atoms with Gasteiger partial charge in [0.1, 0.15) is 6.61 Å². The van der Waals surface area contributed by atoms with Crippen LogP contribution < -0.4 is 0 Å². The SMILES string of the molecule is CCCN(C)CC(=O)COC. The van der Waals surface area contributed by atoms with Gasteiger partial charge in [0.05, 0.1) is 6.54 Å². The van der Waals surface area contributed by atoms with Crippen LogP contribution in [-0.4, -0.2) is 44.5 Å². The van der Waals surface area contributed by atoms with E-state index in [1.54, 1.807) is 0 Å². The van der Waals surface area contributed by atoms with Gasteiger partial charge in [0, 0.05) is 7.11 Å². The van der Waals surface area contributed by atoms with Crippen LogP contribution in [0.1, 0.15) is 13.3 Å². The summed E-state index contributed by atoms with van der Waals surface area (Å²) in [6, 6.07) is 0. The summed E-state index contributed by atoms with van der Waals surface area (Å²) in [6.45, 7) is 3.79. The van der Waals surface area contributed by atoms with Gasteiger partial charge in [-0.1, -0.05) is 6.92 Å². The normalized spacial score (nSPS) is 10.5. The number of nitrogens with zero attached hydrogens (tertiary/aromatic N) is 1. The molecule has 0 fully saturated rings. The van der Waals surface area contributed by atoms with Crippen LogP contribution in [0.3, 0.4) is 0 Å². The summed E-state index contributed by atoms with van der Waals surface area (Å²) >= 11 is 0. The van der Waals surface area contributed by atoms with Crippen molar-refractivity contribution in [2.45, 2.75) is 13.3 Å². The molecule has 0 unspecified atom stereocenters. The molecule has 0 aliphatic heterocycles. The van der Waals surface area contributed by atoms with E-state index in [2.05, 4.69) is 6.92 Å². The lowest BCUT2D eigenvalue weighted by atomic mass is 10.3. The van der Waals surface area contributed by atoms with Crippen molar-refractivity contribution in [2.75, 3.05) is 33.9 Å². The van der Waals surface area contributed by atoms with Crippen molar-refractivity contribution in [2.24, 2.45) is 0 Å². The summed E-state index contributed by atoms with van der Waals surface area (Å²) in [5.74, 6) is 0.142. The fourth-order valence-corrected chi connectivity index (χ4v) is 0.968. The first kappa shape index (κ1) is 10.6. The highest BCUT2D eigenvalue weighted by Crippen LogP contribution is 1.86. The smallest absolute Gasteiger partial charge is 0.172 e. The Balaban J connectivity index is 3.40. The van der Waals surface area contributed by atoms with E-state index in [0.717, 1.165) is 13.0 Å². The topological polar surface area (TPSA) is 29.5 Å². The molecule has 0 amide bonds. The lowest BCUT2D eigenvalue weighted by Crippen LogP contribution is -2.28. The van der Waals surface area contributed by atoms with Crippen molar-refractivity contribution in [1.29, 1.82) is 0 Å². The molecule has 0 aromatic rings. The summed E-state index contributed by atoms with van der Waals surface area (Å²) in [7, 11) is 3.48. The first-order valence-electron chi connectivity index (χ1n) is 3.89. The van der Waals surface area contributed by atoms with E-state index in [-0.39, 0.29) is 12.4 Å². The van der Waals surface area contributed by atoms with Gasteiger partial charge in [0.25, 0.3) is 0 Å². The van der Waals surface area contributed by atoms with Gasteiger partial charge in [0.15, 0.2) is 5.78 Å². The average Bonchev–Trinajstić information content (AvgIpc) is 1.87. The molecule has 0 radical (unpaired) electrons. The number of rotatable bonds is 6. The van der Waals surface area contributed by atoms with Gasteiger partial charge in [-0.05, 0) is 20.0 Å². The third kappa shape index (κ3) is 6.01. The van der Waals surface area contributed by atoms with Crippen molar-refractivity contribution >= 4 is 5.78 Å². The van der Waals surface area contributed by atoms with Crippen molar-refractivity contribution in [3.8, 4) is 0 Å². The molecule has 0 spiro atoms. The van der Waals surface area contributed by atoms with Crippen LogP contribution in [0.25, 0.3) is 0 Å². The van der Waals surface area contributed by atoms with Gasteiger partial charge in [-0.3, -0.25) is 9.69 Å². The molecule has 11 heavy (non-hydrogen) atoms. The maximum atomic E-state index is 11.0. The zero-order valence-corrected chi connectivity index (χ0v) is 7.59. The number of Topliss-reactive ketones (excluding diaryl/α,β-unsaturated/α-hetero) is 1. The number of ketones is 1. The molecule has 0 atom stereocenters. The number of hydrogen-bond acceptors (Lipinski definition) is 3. The molecule has 0 saturated heterocycles. The van der Waals surface area contributed by atoms with Gasteiger partial charge in [0.2, 0.25) is 0 Å². The molecule has 3 nitrogen and oxygen atoms in total. The Bertz CT molecular complexity index is 115. The first-order chi connectivity index (χ1) is 5.20. The molecule has 0 aliphatic rings. The van der Waals surface area contributed by atoms with E-state index in [4.69, 9.17) is 4.74 Å². The van der Waals surface area contributed by atoms with Crippen LogP contribution in [0.2, 0.25) is 0 Å². The van der Waals surface area contributed by atoms with Crippen LogP contribution in [0, 0.1) is 0 Å². The lowest BCUT2D eigenvalue weighted by Gasteiger charge is -2.13. The Labute approximate surface area is 68.3 Å². The number of hydrogen-bond donors (Lipinski definition) is 0. The van der Waals surface area contributed by atoms with Crippen LogP contribution in [0.15, 0.2) is 0 Å². The molecule has 0 aromatic carbocycles. The number of methoxy groups -OCH3 is 1. The van der Waals surface area contributed by atoms with Gasteiger partial charge < -0.3 is 4.74 Å². The average molecular weight is 159 g/mol. The fraction of sp³-hybridized carbons (Fsp3) is 0.875. The fourth-order valence-electron chi connectivity index (χ4n) is 0.968. The standard InChI is InChI=1S/C8H17NO2/c1-4-5-9(2)6-8(10)7-11-3/h4-7H2,1-3H3. The number of ether oxygens (including phenoxy) is 1. The van der Waals surface area contributed by atoms with Gasteiger partial charge in [-0.25, -0.2) is 0 Å². The van der Waals surface area contributed by atoms with Gasteiger partial charge in [-0.2, -0.15) is 0 Å². The summed E-state index contributed by atoms with van der Waals surface area (Å²) < 4.78 is 4.71. The molecular weight excluding hydrogens is 142 g/mol. The summed E-state index contributed by atoms with van der Waals surface area (Å²) in [6.07, 6.45) is 1.08.